The third-order valence-electron chi connectivity index (χ3n) is 2.63. The first-order valence-corrected chi connectivity index (χ1v) is 5.51. The van der Waals surface area contributed by atoms with Gasteiger partial charge in [-0.2, -0.15) is 0 Å². The Hall–Kier alpha value is -1.75. The molecule has 0 amide bonds. The quantitative estimate of drug-likeness (QED) is 0.642. The lowest BCUT2D eigenvalue weighted by molar-refractivity contribution is 0.426. The minimum atomic E-state index is -1.45. The van der Waals surface area contributed by atoms with Gasteiger partial charge in [0, 0.05) is 0 Å². The fraction of sp³-hybridized carbons (Fsp3) is 0. The largest absolute Gasteiger partial charge is 0.539 e. The van der Waals surface area contributed by atoms with Crippen LogP contribution in [0.3, 0.4) is 0 Å². The van der Waals surface area contributed by atoms with Crippen molar-refractivity contribution in [1.82, 2.24) is 0 Å². The Morgan fingerprint density at radius 1 is 0.833 bits per heavy atom. The third-order valence-corrected chi connectivity index (χ3v) is 2.63. The molecule has 2 aromatic rings. The van der Waals surface area contributed by atoms with Crippen LogP contribution in [-0.4, -0.2) is 29.9 Å². The van der Waals surface area contributed by atoms with Crippen molar-refractivity contribution in [3.05, 3.63) is 48.5 Å². The second kappa shape index (κ2) is 5.73. The molecule has 0 atom stereocenters. The summed E-state index contributed by atoms with van der Waals surface area (Å²) in [7, 11) is -1.79. The summed E-state index contributed by atoms with van der Waals surface area (Å²) in [6.07, 6.45) is 0. The molecule has 0 aromatic heterocycles. The summed E-state index contributed by atoms with van der Waals surface area (Å²) in [5, 5.41) is 26.6. The smallest absolute Gasteiger partial charge is 0.504 e. The van der Waals surface area contributed by atoms with Crippen LogP contribution >= 0.6 is 0 Å². The highest BCUT2D eigenvalue weighted by Crippen LogP contribution is 2.21. The van der Waals surface area contributed by atoms with E-state index >= 15 is 0 Å². The van der Waals surface area contributed by atoms with Crippen LogP contribution in [0.2, 0.25) is 0 Å². The van der Waals surface area contributed by atoms with Gasteiger partial charge in [-0.3, -0.25) is 0 Å². The van der Waals surface area contributed by atoms with Gasteiger partial charge < -0.3 is 19.7 Å². The molecule has 2 aromatic carbocycles. The summed E-state index contributed by atoms with van der Waals surface area (Å²) in [5.74, 6) is 0.601. The van der Waals surface area contributed by atoms with Gasteiger partial charge in [-0.1, -0.05) is 36.4 Å². The maximum atomic E-state index is 9.00. The molecule has 0 fully saturated rings. The molecule has 18 heavy (non-hydrogen) atoms. The average molecular weight is 242 g/mol. The van der Waals surface area contributed by atoms with Crippen LogP contribution in [0.25, 0.3) is 11.1 Å². The van der Waals surface area contributed by atoms with Crippen molar-refractivity contribution in [1.29, 1.82) is 0 Å². The Morgan fingerprint density at radius 3 is 1.78 bits per heavy atom. The first-order valence-electron chi connectivity index (χ1n) is 5.51. The van der Waals surface area contributed by atoms with Crippen LogP contribution in [0.4, 0.5) is 0 Å². The zero-order valence-electron chi connectivity index (χ0n) is 9.65. The highest BCUT2D eigenvalue weighted by molar-refractivity contribution is 6.58. The molecule has 0 heterocycles. The fourth-order valence-electron chi connectivity index (χ4n) is 1.67. The molecule has 0 radical (unpaired) electrons. The summed E-state index contributed by atoms with van der Waals surface area (Å²) < 4.78 is 4.94. The Kier molecular flexibility index (Phi) is 4.04. The maximum Gasteiger partial charge on any atom is 0.504 e. The molecule has 0 bridgehead atoms. The van der Waals surface area contributed by atoms with Crippen molar-refractivity contribution in [2.24, 2.45) is 0 Å². The molecule has 3 N–H and O–H groups in total. The van der Waals surface area contributed by atoms with E-state index in [1.54, 1.807) is 24.3 Å². The lowest BCUT2D eigenvalue weighted by Gasteiger charge is -2.06. The number of benzene rings is 2. The monoisotopic (exact) mass is 242 g/mol. The van der Waals surface area contributed by atoms with Crippen LogP contribution < -0.4 is 10.1 Å². The number of rotatable bonds is 4. The molecule has 0 aliphatic rings. The summed E-state index contributed by atoms with van der Waals surface area (Å²) in [4.78, 5) is 0. The van der Waals surface area contributed by atoms with E-state index in [-0.39, 0.29) is 7.69 Å². The summed E-state index contributed by atoms with van der Waals surface area (Å²) in [5.41, 5.74) is 2.41. The van der Waals surface area contributed by atoms with Crippen LogP contribution in [0.15, 0.2) is 48.5 Å². The Morgan fingerprint density at radius 2 is 1.33 bits per heavy atom. The number of hydrogen-bond acceptors (Lipinski definition) is 4. The fourth-order valence-corrected chi connectivity index (χ4v) is 1.67. The highest BCUT2D eigenvalue weighted by atomic mass is 16.5. The molecule has 0 aliphatic carbocycles. The van der Waals surface area contributed by atoms with Gasteiger partial charge in [-0.15, -0.1) is 0 Å². The van der Waals surface area contributed by atoms with Crippen molar-refractivity contribution < 1.29 is 19.7 Å². The average Bonchev–Trinajstić information content (AvgIpc) is 2.40. The first kappa shape index (κ1) is 12.7. The second-order valence-corrected chi connectivity index (χ2v) is 3.79. The van der Waals surface area contributed by atoms with E-state index < -0.39 is 7.12 Å². The second-order valence-electron chi connectivity index (χ2n) is 3.79. The first-order chi connectivity index (χ1) is 8.70. The molecule has 90 valence electrons. The SMILES string of the molecule is OBOc1ccc(-c2ccc(B(O)O)cc2)cc1. The van der Waals surface area contributed by atoms with Gasteiger partial charge in [0.15, 0.2) is 0 Å². The van der Waals surface area contributed by atoms with Crippen molar-refractivity contribution in [3.8, 4) is 16.9 Å². The number of hydrogen-bond donors (Lipinski definition) is 3. The molecule has 0 unspecified atom stereocenters. The topological polar surface area (TPSA) is 69.9 Å². The van der Waals surface area contributed by atoms with Crippen LogP contribution in [0.1, 0.15) is 0 Å². The van der Waals surface area contributed by atoms with Gasteiger partial charge in [0.25, 0.3) is 0 Å². The normalized spacial score (nSPS) is 9.94. The Balaban J connectivity index is 2.20. The van der Waals surface area contributed by atoms with E-state index in [0.29, 0.717) is 11.2 Å². The lowest BCUT2D eigenvalue weighted by atomic mass is 9.80. The Labute approximate surface area is 106 Å². The summed E-state index contributed by atoms with van der Waals surface area (Å²) in [6, 6.07) is 14.2. The molecule has 2 rings (SSSR count). The highest BCUT2D eigenvalue weighted by Gasteiger charge is 2.09. The van der Waals surface area contributed by atoms with E-state index in [0.717, 1.165) is 11.1 Å². The van der Waals surface area contributed by atoms with Crippen molar-refractivity contribution in [2.75, 3.05) is 0 Å². The molecule has 0 saturated carbocycles. The lowest BCUT2D eigenvalue weighted by Crippen LogP contribution is -2.29. The third kappa shape index (κ3) is 2.92. The van der Waals surface area contributed by atoms with Crippen LogP contribution in [0, 0.1) is 0 Å². The van der Waals surface area contributed by atoms with Gasteiger partial charge in [0.2, 0.25) is 0 Å². The molecule has 0 spiro atoms. The van der Waals surface area contributed by atoms with E-state index in [2.05, 4.69) is 0 Å². The Bertz CT molecular complexity index is 496. The zero-order chi connectivity index (χ0) is 13.0. The van der Waals surface area contributed by atoms with Gasteiger partial charge in [0.1, 0.15) is 5.75 Å². The van der Waals surface area contributed by atoms with Gasteiger partial charge in [0.05, 0.1) is 0 Å². The molecule has 6 heteroatoms. The molecule has 4 nitrogen and oxygen atoms in total. The summed E-state index contributed by atoms with van der Waals surface area (Å²) in [6.45, 7) is 0. The van der Waals surface area contributed by atoms with Gasteiger partial charge in [-0.05, 0) is 28.7 Å². The molecular weight excluding hydrogens is 230 g/mol. The minimum Gasteiger partial charge on any atom is -0.539 e. The molecule has 0 saturated heterocycles. The standard InChI is InChI=1S/C12H12B2O4/c15-13-18-12-7-3-10(4-8-12)9-1-5-11(6-2-9)14(16)17/h1-8,13,15-17H. The molecular formula is C12H12B2O4. The predicted octanol–water partition coefficient (Wildman–Crippen LogP) is -0.329. The minimum absolute atomic E-state index is 0.345. The van der Waals surface area contributed by atoms with Gasteiger partial charge >= 0.3 is 14.8 Å². The van der Waals surface area contributed by atoms with E-state index in [1.807, 2.05) is 24.3 Å². The van der Waals surface area contributed by atoms with E-state index in [1.165, 1.54) is 0 Å². The van der Waals surface area contributed by atoms with E-state index in [9.17, 15) is 0 Å². The van der Waals surface area contributed by atoms with Gasteiger partial charge in [-0.25, -0.2) is 0 Å². The van der Waals surface area contributed by atoms with Crippen LogP contribution in [-0.2, 0) is 0 Å². The predicted molar refractivity (Wildman–Crippen MR) is 71.7 cm³/mol. The van der Waals surface area contributed by atoms with E-state index in [4.69, 9.17) is 19.7 Å². The van der Waals surface area contributed by atoms with Crippen LogP contribution in [0.5, 0.6) is 5.75 Å². The maximum absolute atomic E-state index is 9.00. The zero-order valence-corrected chi connectivity index (χ0v) is 9.65. The van der Waals surface area contributed by atoms with Crippen molar-refractivity contribution in [3.63, 3.8) is 0 Å². The van der Waals surface area contributed by atoms with Crippen molar-refractivity contribution in [2.45, 2.75) is 0 Å². The van der Waals surface area contributed by atoms with Crippen molar-refractivity contribution >= 4 is 20.3 Å². The molecule has 0 aliphatic heterocycles. The summed E-state index contributed by atoms with van der Waals surface area (Å²) >= 11 is 0.